The Balaban J connectivity index is 1.81. The highest BCUT2D eigenvalue weighted by atomic mass is 32.2. The Bertz CT molecular complexity index is 1500. The fourth-order valence-electron chi connectivity index (χ4n) is 3.48. The van der Waals surface area contributed by atoms with Crippen LogP contribution in [0.4, 0.5) is 24.8 Å². The van der Waals surface area contributed by atoms with E-state index in [0.29, 0.717) is 16.7 Å². The molecule has 4 rings (SSSR count). The zero-order chi connectivity index (χ0) is 24.7. The summed E-state index contributed by atoms with van der Waals surface area (Å²) in [5, 5.41) is 2.95. The summed E-state index contributed by atoms with van der Waals surface area (Å²) in [6, 6.07) is 14.6. The van der Waals surface area contributed by atoms with Crippen LogP contribution in [0.2, 0.25) is 0 Å². The number of aromatic nitrogens is 2. The van der Waals surface area contributed by atoms with Gasteiger partial charge in [-0.1, -0.05) is 18.2 Å². The van der Waals surface area contributed by atoms with Crippen LogP contribution in [-0.2, 0) is 22.8 Å². The van der Waals surface area contributed by atoms with E-state index in [9.17, 15) is 26.4 Å². The minimum absolute atomic E-state index is 0.00181. The maximum Gasteiger partial charge on any atom is 0.416 e. The number of fused-ring (bicyclic) bond motifs is 1. The predicted octanol–water partition coefficient (Wildman–Crippen LogP) is 4.19. The SMILES string of the molecule is NC(=O)c1ccc2c(c1)nc(Nc1ccc(S(=O)(=O)O)cc1)n2Cc1ccccc1C(F)(F)F. The van der Waals surface area contributed by atoms with Crippen molar-refractivity contribution in [3.05, 3.63) is 83.4 Å². The summed E-state index contributed by atoms with van der Waals surface area (Å²) < 4.78 is 73.8. The molecule has 1 heterocycles. The Hall–Kier alpha value is -3.90. The van der Waals surface area contributed by atoms with Crippen LogP contribution in [0.5, 0.6) is 0 Å². The van der Waals surface area contributed by atoms with Crippen LogP contribution in [0, 0.1) is 0 Å². The third-order valence-electron chi connectivity index (χ3n) is 5.09. The average molecular weight is 490 g/mol. The molecule has 0 bridgehead atoms. The molecule has 1 aromatic heterocycles. The van der Waals surface area contributed by atoms with Crippen molar-refractivity contribution < 1.29 is 30.9 Å². The monoisotopic (exact) mass is 490 g/mol. The topological polar surface area (TPSA) is 127 Å². The standard InChI is InChI=1S/C22H17F3N4O4S/c23-22(24,25)17-4-2-1-3-14(17)12-29-19-10-5-13(20(26)30)11-18(19)28-21(29)27-15-6-8-16(9-7-15)34(31,32)33/h1-11H,12H2,(H2,26,30)(H,27,28)(H,31,32,33). The summed E-state index contributed by atoms with van der Waals surface area (Å²) in [4.78, 5) is 15.6. The van der Waals surface area contributed by atoms with Crippen molar-refractivity contribution in [2.75, 3.05) is 5.32 Å². The molecule has 0 fully saturated rings. The molecule has 0 radical (unpaired) electrons. The first-order valence-corrected chi connectivity index (χ1v) is 11.2. The molecule has 0 atom stereocenters. The molecule has 4 aromatic rings. The molecule has 34 heavy (non-hydrogen) atoms. The van der Waals surface area contributed by atoms with Crippen LogP contribution in [0.1, 0.15) is 21.5 Å². The van der Waals surface area contributed by atoms with Crippen molar-refractivity contribution in [3.8, 4) is 0 Å². The second-order valence-electron chi connectivity index (χ2n) is 7.37. The van der Waals surface area contributed by atoms with E-state index in [2.05, 4.69) is 10.3 Å². The Kier molecular flexibility index (Phi) is 5.79. The molecule has 3 aromatic carbocycles. The van der Waals surface area contributed by atoms with Crippen LogP contribution in [0.15, 0.2) is 71.6 Å². The van der Waals surface area contributed by atoms with Gasteiger partial charge in [0.05, 0.1) is 28.0 Å². The lowest BCUT2D eigenvalue weighted by atomic mass is 10.1. The molecule has 176 valence electrons. The van der Waals surface area contributed by atoms with Crippen LogP contribution in [0.25, 0.3) is 11.0 Å². The van der Waals surface area contributed by atoms with E-state index in [1.54, 1.807) is 0 Å². The van der Waals surface area contributed by atoms with Crippen LogP contribution < -0.4 is 11.1 Å². The lowest BCUT2D eigenvalue weighted by Gasteiger charge is -2.16. The Labute approximate surface area is 191 Å². The molecule has 0 spiro atoms. The minimum Gasteiger partial charge on any atom is -0.366 e. The van der Waals surface area contributed by atoms with Crippen LogP contribution in [0.3, 0.4) is 0 Å². The number of nitrogens with two attached hydrogens (primary N) is 1. The lowest BCUT2D eigenvalue weighted by molar-refractivity contribution is -0.138. The summed E-state index contributed by atoms with van der Waals surface area (Å²) in [6.45, 7) is -0.201. The molecule has 0 aliphatic carbocycles. The van der Waals surface area contributed by atoms with Gasteiger partial charge in [-0.2, -0.15) is 21.6 Å². The van der Waals surface area contributed by atoms with E-state index < -0.39 is 27.8 Å². The zero-order valence-electron chi connectivity index (χ0n) is 17.2. The number of alkyl halides is 3. The summed E-state index contributed by atoms with van der Waals surface area (Å²) in [7, 11) is -4.39. The van der Waals surface area contributed by atoms with Crippen molar-refractivity contribution in [2.45, 2.75) is 17.6 Å². The molecular formula is C22H17F3N4O4S. The normalized spacial score (nSPS) is 12.1. The summed E-state index contributed by atoms with van der Waals surface area (Å²) in [6.07, 6.45) is -4.56. The van der Waals surface area contributed by atoms with Crippen molar-refractivity contribution in [2.24, 2.45) is 5.73 Å². The first-order valence-electron chi connectivity index (χ1n) is 9.73. The third-order valence-corrected chi connectivity index (χ3v) is 5.96. The van der Waals surface area contributed by atoms with E-state index in [0.717, 1.165) is 18.2 Å². The molecule has 0 unspecified atom stereocenters. The highest BCUT2D eigenvalue weighted by molar-refractivity contribution is 7.85. The maximum absolute atomic E-state index is 13.6. The van der Waals surface area contributed by atoms with E-state index in [1.165, 1.54) is 53.1 Å². The first-order chi connectivity index (χ1) is 15.9. The van der Waals surface area contributed by atoms with Crippen LogP contribution in [-0.4, -0.2) is 28.4 Å². The maximum atomic E-state index is 13.6. The second kappa shape index (κ2) is 8.47. The number of rotatable bonds is 6. The molecule has 0 aliphatic heterocycles. The number of anilines is 2. The van der Waals surface area contributed by atoms with Gasteiger partial charge >= 0.3 is 6.18 Å². The van der Waals surface area contributed by atoms with Gasteiger partial charge in [0.25, 0.3) is 10.1 Å². The largest absolute Gasteiger partial charge is 0.416 e. The number of hydrogen-bond donors (Lipinski definition) is 3. The van der Waals surface area contributed by atoms with E-state index in [-0.39, 0.29) is 28.5 Å². The number of amides is 1. The molecule has 0 aliphatic rings. The number of carbonyl (C=O) groups is 1. The predicted molar refractivity (Wildman–Crippen MR) is 118 cm³/mol. The smallest absolute Gasteiger partial charge is 0.366 e. The number of nitrogens with zero attached hydrogens (tertiary/aromatic N) is 2. The fourth-order valence-corrected chi connectivity index (χ4v) is 3.96. The molecular weight excluding hydrogens is 473 g/mol. The molecule has 4 N–H and O–H groups in total. The van der Waals surface area contributed by atoms with Gasteiger partial charge in [0.2, 0.25) is 11.9 Å². The van der Waals surface area contributed by atoms with Gasteiger partial charge in [0.1, 0.15) is 0 Å². The summed E-state index contributed by atoms with van der Waals surface area (Å²) >= 11 is 0. The molecule has 12 heteroatoms. The lowest BCUT2D eigenvalue weighted by Crippen LogP contribution is -2.13. The van der Waals surface area contributed by atoms with Gasteiger partial charge in [-0.05, 0) is 54.1 Å². The Morgan fingerprint density at radius 1 is 1.06 bits per heavy atom. The molecule has 0 saturated carbocycles. The van der Waals surface area contributed by atoms with Gasteiger partial charge < -0.3 is 15.6 Å². The highest BCUT2D eigenvalue weighted by Crippen LogP contribution is 2.34. The van der Waals surface area contributed by atoms with Crippen LogP contribution >= 0.6 is 0 Å². The number of imidazole rings is 1. The van der Waals surface area contributed by atoms with E-state index in [4.69, 9.17) is 10.3 Å². The number of nitrogens with one attached hydrogen (secondary N) is 1. The van der Waals surface area contributed by atoms with Gasteiger partial charge in [-0.25, -0.2) is 4.98 Å². The van der Waals surface area contributed by atoms with E-state index in [1.807, 2.05) is 0 Å². The fraction of sp³-hybridized carbons (Fsp3) is 0.0909. The molecule has 8 nitrogen and oxygen atoms in total. The van der Waals surface area contributed by atoms with E-state index >= 15 is 0 Å². The Morgan fingerprint density at radius 3 is 2.35 bits per heavy atom. The number of benzene rings is 3. The van der Waals surface area contributed by atoms with Crippen molar-refractivity contribution in [3.63, 3.8) is 0 Å². The number of carbonyl (C=O) groups excluding carboxylic acids is 1. The van der Waals surface area contributed by atoms with Crippen molar-refractivity contribution >= 4 is 38.7 Å². The van der Waals surface area contributed by atoms with Gasteiger partial charge in [0.15, 0.2) is 0 Å². The number of hydrogen-bond acceptors (Lipinski definition) is 5. The van der Waals surface area contributed by atoms with Gasteiger partial charge in [-0.15, -0.1) is 0 Å². The number of halogens is 3. The average Bonchev–Trinajstić information content (AvgIpc) is 3.09. The van der Waals surface area contributed by atoms with Crippen molar-refractivity contribution in [1.29, 1.82) is 0 Å². The minimum atomic E-state index is -4.56. The first kappa shape index (κ1) is 23.3. The number of primary amides is 1. The second-order valence-corrected chi connectivity index (χ2v) is 8.79. The third kappa shape index (κ3) is 4.72. The zero-order valence-corrected chi connectivity index (χ0v) is 18.1. The highest BCUT2D eigenvalue weighted by Gasteiger charge is 2.33. The Morgan fingerprint density at radius 2 is 1.74 bits per heavy atom. The summed E-state index contributed by atoms with van der Waals surface area (Å²) in [5.74, 6) is -0.539. The summed E-state index contributed by atoms with van der Waals surface area (Å²) in [5.41, 5.74) is 5.83. The van der Waals surface area contributed by atoms with Gasteiger partial charge in [-0.3, -0.25) is 9.35 Å². The molecule has 1 amide bonds. The quantitative estimate of drug-likeness (QED) is 0.348. The van der Waals surface area contributed by atoms with Gasteiger partial charge in [0, 0.05) is 11.3 Å². The van der Waals surface area contributed by atoms with Crippen molar-refractivity contribution in [1.82, 2.24) is 9.55 Å². The molecule has 0 saturated heterocycles.